The van der Waals surface area contributed by atoms with Gasteiger partial charge in [-0.2, -0.15) is 0 Å². The molecule has 0 amide bonds. The minimum absolute atomic E-state index is 0.181. The number of piperidine rings is 1. The molecule has 1 aliphatic rings. The van der Waals surface area contributed by atoms with Gasteiger partial charge >= 0.3 is 0 Å². The molecule has 1 heterocycles. The van der Waals surface area contributed by atoms with Crippen LogP contribution < -0.4 is 0 Å². The van der Waals surface area contributed by atoms with E-state index in [1.807, 2.05) is 0 Å². The number of aliphatic hydroxyl groups is 1. The van der Waals surface area contributed by atoms with Crippen molar-refractivity contribution in [3.8, 4) is 0 Å². The van der Waals surface area contributed by atoms with Crippen LogP contribution in [0.25, 0.3) is 0 Å². The smallest absolute Gasteiger partial charge is 0.0942 e. The highest BCUT2D eigenvalue weighted by atomic mass is 16.3. The Balaban J connectivity index is 2.08. The van der Waals surface area contributed by atoms with Crippen molar-refractivity contribution in [2.75, 3.05) is 6.54 Å². The molecule has 20 heavy (non-hydrogen) atoms. The Labute approximate surface area is 123 Å². The summed E-state index contributed by atoms with van der Waals surface area (Å²) in [5.74, 6) is 0.739. The molecule has 1 aliphatic heterocycles. The third-order valence-electron chi connectivity index (χ3n) is 4.88. The number of aliphatic hydroxyl groups excluding tert-OH is 1. The van der Waals surface area contributed by atoms with E-state index >= 15 is 0 Å². The minimum Gasteiger partial charge on any atom is -0.387 e. The summed E-state index contributed by atoms with van der Waals surface area (Å²) in [6.45, 7) is 10.0. The summed E-state index contributed by atoms with van der Waals surface area (Å²) in [5, 5.41) is 10.7. The fourth-order valence-corrected chi connectivity index (χ4v) is 3.30. The van der Waals surface area contributed by atoms with Crippen LogP contribution in [0.2, 0.25) is 0 Å². The first-order valence-electron chi connectivity index (χ1n) is 8.05. The molecule has 112 valence electrons. The molecule has 4 atom stereocenters. The maximum absolute atomic E-state index is 10.7. The molecular formula is C18H29NO. The molecule has 1 N–H and O–H groups in total. The monoisotopic (exact) mass is 275 g/mol. The number of hydrogen-bond acceptors (Lipinski definition) is 2. The molecule has 2 rings (SSSR count). The number of aryl methyl sites for hydroxylation is 1. The predicted octanol–water partition coefficient (Wildman–Crippen LogP) is 3.79. The summed E-state index contributed by atoms with van der Waals surface area (Å²) in [6, 6.07) is 9.18. The standard InChI is InChI=1S/C18H29NO/c1-5-16-8-10-17(11-9-16)18(20)15(4)19-12-13(2)6-7-14(19)3/h8-11,13-15,18,20H,5-7,12H2,1-4H3. The Bertz CT molecular complexity index is 414. The van der Waals surface area contributed by atoms with Gasteiger partial charge in [0.05, 0.1) is 6.10 Å². The molecule has 1 aromatic carbocycles. The first-order chi connectivity index (χ1) is 9.52. The second-order valence-corrected chi connectivity index (χ2v) is 6.51. The van der Waals surface area contributed by atoms with Gasteiger partial charge in [-0.1, -0.05) is 38.1 Å². The van der Waals surface area contributed by atoms with Crippen LogP contribution in [0.4, 0.5) is 0 Å². The van der Waals surface area contributed by atoms with Crippen LogP contribution in [0.15, 0.2) is 24.3 Å². The number of nitrogens with zero attached hydrogens (tertiary/aromatic N) is 1. The summed E-state index contributed by atoms with van der Waals surface area (Å²) >= 11 is 0. The molecule has 1 saturated heterocycles. The maximum atomic E-state index is 10.7. The van der Waals surface area contributed by atoms with E-state index in [1.165, 1.54) is 18.4 Å². The second kappa shape index (κ2) is 6.73. The largest absolute Gasteiger partial charge is 0.387 e. The first kappa shape index (κ1) is 15.5. The van der Waals surface area contributed by atoms with Crippen molar-refractivity contribution in [2.45, 2.75) is 65.1 Å². The van der Waals surface area contributed by atoms with Crippen LogP contribution in [0, 0.1) is 5.92 Å². The molecule has 0 aliphatic carbocycles. The Morgan fingerprint density at radius 1 is 1.20 bits per heavy atom. The lowest BCUT2D eigenvalue weighted by Crippen LogP contribution is -2.48. The van der Waals surface area contributed by atoms with E-state index in [9.17, 15) is 5.11 Å². The summed E-state index contributed by atoms with van der Waals surface area (Å²) in [5.41, 5.74) is 2.37. The summed E-state index contributed by atoms with van der Waals surface area (Å²) in [4.78, 5) is 2.48. The molecule has 0 radical (unpaired) electrons. The van der Waals surface area contributed by atoms with Gasteiger partial charge in [-0.25, -0.2) is 0 Å². The highest BCUT2D eigenvalue weighted by molar-refractivity contribution is 5.25. The van der Waals surface area contributed by atoms with Crippen LogP contribution in [0.3, 0.4) is 0 Å². The second-order valence-electron chi connectivity index (χ2n) is 6.51. The lowest BCUT2D eigenvalue weighted by molar-refractivity contribution is 0.00725. The normalized spacial score (nSPS) is 27.2. The highest BCUT2D eigenvalue weighted by Crippen LogP contribution is 2.29. The molecule has 0 saturated carbocycles. The van der Waals surface area contributed by atoms with E-state index < -0.39 is 6.10 Å². The zero-order valence-corrected chi connectivity index (χ0v) is 13.3. The average Bonchev–Trinajstić information content (AvgIpc) is 2.48. The molecule has 0 bridgehead atoms. The quantitative estimate of drug-likeness (QED) is 0.903. The Morgan fingerprint density at radius 2 is 1.85 bits per heavy atom. The Kier molecular flexibility index (Phi) is 5.22. The number of hydrogen-bond donors (Lipinski definition) is 1. The van der Waals surface area contributed by atoms with Crippen molar-refractivity contribution in [1.29, 1.82) is 0 Å². The predicted molar refractivity (Wildman–Crippen MR) is 84.8 cm³/mol. The number of likely N-dealkylation sites (tertiary alicyclic amines) is 1. The van der Waals surface area contributed by atoms with Gasteiger partial charge < -0.3 is 5.11 Å². The van der Waals surface area contributed by atoms with Gasteiger partial charge in [0.1, 0.15) is 0 Å². The molecule has 0 spiro atoms. The summed E-state index contributed by atoms with van der Waals surface area (Å²) in [7, 11) is 0. The molecule has 1 fully saturated rings. The third kappa shape index (κ3) is 3.42. The fraction of sp³-hybridized carbons (Fsp3) is 0.667. The van der Waals surface area contributed by atoms with E-state index in [1.54, 1.807) is 0 Å². The average molecular weight is 275 g/mol. The van der Waals surface area contributed by atoms with Gasteiger partial charge in [0.2, 0.25) is 0 Å². The minimum atomic E-state index is -0.395. The number of rotatable bonds is 4. The lowest BCUT2D eigenvalue weighted by Gasteiger charge is -2.42. The van der Waals surface area contributed by atoms with Gasteiger partial charge in [0.25, 0.3) is 0 Å². The molecule has 1 aromatic rings. The van der Waals surface area contributed by atoms with Crippen molar-refractivity contribution in [3.05, 3.63) is 35.4 Å². The van der Waals surface area contributed by atoms with E-state index in [4.69, 9.17) is 0 Å². The number of benzene rings is 1. The van der Waals surface area contributed by atoms with Gasteiger partial charge in [0, 0.05) is 18.6 Å². The molecule has 0 aromatic heterocycles. The maximum Gasteiger partial charge on any atom is 0.0942 e. The van der Waals surface area contributed by atoms with Gasteiger partial charge in [0.15, 0.2) is 0 Å². The van der Waals surface area contributed by atoms with Crippen molar-refractivity contribution in [2.24, 2.45) is 5.92 Å². The Hall–Kier alpha value is -0.860. The van der Waals surface area contributed by atoms with Crippen molar-refractivity contribution in [3.63, 3.8) is 0 Å². The molecule has 2 heteroatoms. The fourth-order valence-electron chi connectivity index (χ4n) is 3.30. The molecule has 4 unspecified atom stereocenters. The zero-order chi connectivity index (χ0) is 14.7. The molecule has 2 nitrogen and oxygen atoms in total. The summed E-state index contributed by atoms with van der Waals surface area (Å²) < 4.78 is 0. The van der Waals surface area contributed by atoms with Gasteiger partial charge in [-0.05, 0) is 50.2 Å². The van der Waals surface area contributed by atoms with Gasteiger partial charge in [-0.15, -0.1) is 0 Å². The van der Waals surface area contributed by atoms with E-state index in [0.29, 0.717) is 6.04 Å². The van der Waals surface area contributed by atoms with E-state index in [2.05, 4.69) is 56.9 Å². The lowest BCUT2D eigenvalue weighted by atomic mass is 9.91. The first-order valence-corrected chi connectivity index (χ1v) is 8.05. The van der Waals surface area contributed by atoms with Crippen molar-refractivity contribution >= 4 is 0 Å². The highest BCUT2D eigenvalue weighted by Gasteiger charge is 2.30. The van der Waals surface area contributed by atoms with Crippen LogP contribution in [-0.4, -0.2) is 28.6 Å². The topological polar surface area (TPSA) is 23.5 Å². The van der Waals surface area contributed by atoms with Crippen LogP contribution >= 0.6 is 0 Å². The van der Waals surface area contributed by atoms with Crippen molar-refractivity contribution in [1.82, 2.24) is 4.90 Å². The molecular weight excluding hydrogens is 246 g/mol. The van der Waals surface area contributed by atoms with Crippen LogP contribution in [-0.2, 0) is 6.42 Å². The van der Waals surface area contributed by atoms with E-state index in [0.717, 1.165) is 24.4 Å². The van der Waals surface area contributed by atoms with Crippen molar-refractivity contribution < 1.29 is 5.11 Å². The van der Waals surface area contributed by atoms with Gasteiger partial charge in [-0.3, -0.25) is 4.90 Å². The zero-order valence-electron chi connectivity index (χ0n) is 13.3. The van der Waals surface area contributed by atoms with Crippen LogP contribution in [0.1, 0.15) is 57.8 Å². The SMILES string of the molecule is CCc1ccc(C(O)C(C)N2CC(C)CCC2C)cc1. The summed E-state index contributed by atoms with van der Waals surface area (Å²) in [6.07, 6.45) is 3.21. The van der Waals surface area contributed by atoms with Crippen LogP contribution in [0.5, 0.6) is 0 Å². The van der Waals surface area contributed by atoms with E-state index in [-0.39, 0.29) is 6.04 Å². The third-order valence-corrected chi connectivity index (χ3v) is 4.88. The Morgan fingerprint density at radius 3 is 2.45 bits per heavy atom.